The number of aliphatic hydroxyl groups is 4. The third kappa shape index (κ3) is 4.70. The zero-order chi connectivity index (χ0) is 22.1. The van der Waals surface area contributed by atoms with Gasteiger partial charge in [-0.15, -0.1) is 0 Å². The van der Waals surface area contributed by atoms with E-state index in [0.29, 0.717) is 28.2 Å². The number of rotatable bonds is 6. The Labute approximate surface area is 175 Å². The molecule has 12 nitrogen and oxygen atoms in total. The van der Waals surface area contributed by atoms with E-state index in [1.807, 2.05) is 0 Å². The van der Waals surface area contributed by atoms with Gasteiger partial charge in [-0.1, -0.05) is 35.1 Å². The van der Waals surface area contributed by atoms with E-state index in [4.69, 9.17) is 14.1 Å². The average Bonchev–Trinajstić information content (AvgIpc) is 3.09. The van der Waals surface area contributed by atoms with Gasteiger partial charge in [0.25, 0.3) is 0 Å². The van der Waals surface area contributed by atoms with Crippen molar-refractivity contribution in [1.82, 2.24) is 4.73 Å². The van der Waals surface area contributed by atoms with E-state index >= 15 is 0 Å². The fourth-order valence-electron chi connectivity index (χ4n) is 2.96. The van der Waals surface area contributed by atoms with E-state index in [2.05, 4.69) is 9.44 Å². The standard InChI is InChI=1S/C16H20N2O10S2/c1-26-18-6-9(8-4-2-3-5-10(8)18)15(17-28-30(23,24)25)29-16-14(22)13(21)12(20)11(7-19)27-16/h2-6,11-14,16,19-22H,7H2,1H3,(H,23,24,25)/b17-15-/t11-,12-,13+,14-,16+/m1/s1. The summed E-state index contributed by atoms with van der Waals surface area (Å²) in [7, 11) is -3.53. The van der Waals surface area contributed by atoms with Crippen LogP contribution in [0.2, 0.25) is 0 Å². The predicted molar refractivity (Wildman–Crippen MR) is 105 cm³/mol. The molecule has 0 amide bonds. The van der Waals surface area contributed by atoms with E-state index < -0.39 is 46.9 Å². The number of hydrogen-bond acceptors (Lipinski definition) is 11. The van der Waals surface area contributed by atoms with Crippen molar-refractivity contribution in [2.45, 2.75) is 29.9 Å². The Bertz CT molecular complexity index is 1020. The molecule has 0 radical (unpaired) electrons. The van der Waals surface area contributed by atoms with Crippen LogP contribution in [0.3, 0.4) is 0 Å². The lowest BCUT2D eigenvalue weighted by molar-refractivity contribution is -0.205. The Morgan fingerprint density at radius 2 is 1.93 bits per heavy atom. The molecule has 3 rings (SSSR count). The van der Waals surface area contributed by atoms with Gasteiger partial charge in [0.05, 0.1) is 18.3 Å². The SMILES string of the molecule is COn1cc(/C(=N/OS(=O)(=O)O)S[C@@H]2O[C@H](CO)[C@@H](O)[C@H](O)[C@H]2O)c2ccccc21. The number of benzene rings is 1. The molecule has 1 aliphatic rings. The van der Waals surface area contributed by atoms with Crippen LogP contribution in [0.1, 0.15) is 5.56 Å². The van der Waals surface area contributed by atoms with Crippen LogP contribution in [0.25, 0.3) is 10.9 Å². The summed E-state index contributed by atoms with van der Waals surface area (Å²) in [5.74, 6) is 0. The maximum atomic E-state index is 11.0. The Morgan fingerprint density at radius 3 is 2.57 bits per heavy atom. The normalized spacial score (nSPS) is 27.9. The molecule has 0 bridgehead atoms. The second-order valence-corrected chi connectivity index (χ2v) is 8.37. The van der Waals surface area contributed by atoms with Gasteiger partial charge in [0.1, 0.15) is 42.0 Å². The van der Waals surface area contributed by atoms with Crippen LogP contribution in [0.5, 0.6) is 0 Å². The van der Waals surface area contributed by atoms with Crippen molar-refractivity contribution in [3.05, 3.63) is 36.0 Å². The summed E-state index contributed by atoms with van der Waals surface area (Å²) in [4.78, 5) is 5.24. The molecule has 5 atom stereocenters. The summed E-state index contributed by atoms with van der Waals surface area (Å²) in [5.41, 5.74) is -0.365. The van der Waals surface area contributed by atoms with Gasteiger partial charge in [-0.3, -0.25) is 4.55 Å². The van der Waals surface area contributed by atoms with E-state index in [1.165, 1.54) is 18.0 Å². The number of oxime groups is 1. The molecule has 2 heterocycles. The minimum atomic E-state index is -4.94. The minimum Gasteiger partial charge on any atom is -0.417 e. The van der Waals surface area contributed by atoms with E-state index in [-0.39, 0.29) is 5.04 Å². The van der Waals surface area contributed by atoms with Crippen molar-refractivity contribution in [2.24, 2.45) is 5.16 Å². The lowest BCUT2D eigenvalue weighted by Gasteiger charge is -2.39. The van der Waals surface area contributed by atoms with Gasteiger partial charge in [-0.05, 0) is 6.07 Å². The lowest BCUT2D eigenvalue weighted by atomic mass is 10.0. The number of hydrogen-bond donors (Lipinski definition) is 5. The van der Waals surface area contributed by atoms with Crippen LogP contribution in [0.15, 0.2) is 35.6 Å². The number of aliphatic hydroxyl groups excluding tert-OH is 4. The maximum Gasteiger partial charge on any atom is 0.466 e. The summed E-state index contributed by atoms with van der Waals surface area (Å²) >= 11 is 0.657. The Kier molecular flexibility index (Phi) is 6.88. The first-order chi connectivity index (χ1) is 14.2. The molecular weight excluding hydrogens is 444 g/mol. The fraction of sp³-hybridized carbons (Fsp3) is 0.438. The first-order valence-corrected chi connectivity index (χ1v) is 10.8. The van der Waals surface area contributed by atoms with Crippen LogP contribution in [-0.4, -0.2) is 86.7 Å². The molecule has 14 heteroatoms. The molecular formula is C16H20N2O10S2. The molecule has 2 aromatic rings. The summed E-state index contributed by atoms with van der Waals surface area (Å²) in [6, 6.07) is 6.88. The number of aromatic nitrogens is 1. The molecule has 0 unspecified atom stereocenters. The molecule has 0 saturated carbocycles. The average molecular weight is 464 g/mol. The zero-order valence-corrected chi connectivity index (χ0v) is 17.1. The monoisotopic (exact) mass is 464 g/mol. The zero-order valence-electron chi connectivity index (χ0n) is 15.5. The summed E-state index contributed by atoms with van der Waals surface area (Å²) in [5, 5.41) is 43.4. The second-order valence-electron chi connectivity index (χ2n) is 6.28. The summed E-state index contributed by atoms with van der Waals surface area (Å²) < 4.78 is 42.0. The Hall–Kier alpha value is -1.91. The number of thioether (sulfide) groups is 1. The highest BCUT2D eigenvalue weighted by Gasteiger charge is 2.44. The topological polar surface area (TPSA) is 180 Å². The molecule has 1 aromatic carbocycles. The van der Waals surface area contributed by atoms with Gasteiger partial charge in [-0.25, -0.2) is 4.28 Å². The van der Waals surface area contributed by atoms with E-state index in [1.54, 1.807) is 24.3 Å². The first-order valence-electron chi connectivity index (χ1n) is 8.52. The van der Waals surface area contributed by atoms with Gasteiger partial charge >= 0.3 is 10.4 Å². The van der Waals surface area contributed by atoms with E-state index in [0.717, 1.165) is 0 Å². The van der Waals surface area contributed by atoms with E-state index in [9.17, 15) is 28.8 Å². The molecule has 0 aliphatic carbocycles. The van der Waals surface area contributed by atoms with Crippen LogP contribution >= 0.6 is 11.8 Å². The third-order valence-corrected chi connectivity index (χ3v) is 5.80. The lowest BCUT2D eigenvalue weighted by Crippen LogP contribution is -2.57. The largest absolute Gasteiger partial charge is 0.466 e. The molecule has 30 heavy (non-hydrogen) atoms. The van der Waals surface area contributed by atoms with Crippen LogP contribution < -0.4 is 4.84 Å². The molecule has 166 valence electrons. The van der Waals surface area contributed by atoms with Crippen molar-refractivity contribution in [3.8, 4) is 0 Å². The van der Waals surface area contributed by atoms with Crippen LogP contribution in [0, 0.1) is 0 Å². The molecule has 1 aliphatic heterocycles. The van der Waals surface area contributed by atoms with Crippen LogP contribution in [0.4, 0.5) is 0 Å². The predicted octanol–water partition coefficient (Wildman–Crippen LogP) is -1.29. The summed E-state index contributed by atoms with van der Waals surface area (Å²) in [6.45, 7) is -0.640. The highest BCUT2D eigenvalue weighted by Crippen LogP contribution is 2.33. The van der Waals surface area contributed by atoms with Gasteiger partial charge in [0.15, 0.2) is 0 Å². The fourth-order valence-corrected chi connectivity index (χ4v) is 4.27. The molecule has 1 saturated heterocycles. The Morgan fingerprint density at radius 1 is 1.23 bits per heavy atom. The van der Waals surface area contributed by atoms with Gasteiger partial charge < -0.3 is 30.0 Å². The Balaban J connectivity index is 2.03. The van der Waals surface area contributed by atoms with Crippen molar-refractivity contribution in [2.75, 3.05) is 13.7 Å². The molecule has 1 fully saturated rings. The number of ether oxygens (including phenoxy) is 1. The molecule has 0 spiro atoms. The third-order valence-electron chi connectivity index (χ3n) is 4.40. The smallest absolute Gasteiger partial charge is 0.417 e. The first kappa shape index (κ1) is 22.8. The number of fused-ring (bicyclic) bond motifs is 1. The van der Waals surface area contributed by atoms with Crippen molar-refractivity contribution in [3.63, 3.8) is 0 Å². The van der Waals surface area contributed by atoms with Crippen LogP contribution in [-0.2, 0) is 19.4 Å². The second kappa shape index (κ2) is 9.07. The minimum absolute atomic E-state index is 0.149. The molecule has 5 N–H and O–H groups in total. The number of para-hydroxylation sites is 1. The number of nitrogens with zero attached hydrogens (tertiary/aromatic N) is 2. The van der Waals surface area contributed by atoms with Gasteiger partial charge in [0.2, 0.25) is 0 Å². The highest BCUT2D eigenvalue weighted by atomic mass is 32.3. The summed E-state index contributed by atoms with van der Waals surface area (Å²) in [6.07, 6.45) is -4.53. The van der Waals surface area contributed by atoms with Gasteiger partial charge in [-0.2, -0.15) is 13.1 Å². The maximum absolute atomic E-state index is 11.0. The van der Waals surface area contributed by atoms with Crippen molar-refractivity contribution in [1.29, 1.82) is 0 Å². The van der Waals surface area contributed by atoms with Gasteiger partial charge in [0, 0.05) is 10.9 Å². The highest BCUT2D eigenvalue weighted by molar-refractivity contribution is 8.14. The van der Waals surface area contributed by atoms with Crippen molar-refractivity contribution >= 4 is 38.1 Å². The van der Waals surface area contributed by atoms with Crippen molar-refractivity contribution < 1.29 is 47.3 Å². The quantitative estimate of drug-likeness (QED) is 0.149. The molecule has 1 aromatic heterocycles.